The minimum absolute atomic E-state index is 0.121. The van der Waals surface area contributed by atoms with Crippen molar-refractivity contribution in [1.29, 1.82) is 0 Å². The van der Waals surface area contributed by atoms with Crippen LogP contribution in [0.1, 0.15) is 21.5 Å². The van der Waals surface area contributed by atoms with Gasteiger partial charge in [-0.3, -0.25) is 9.59 Å². The van der Waals surface area contributed by atoms with E-state index in [9.17, 15) is 14.4 Å². The molecule has 0 aromatic heterocycles. The second-order valence-corrected chi connectivity index (χ2v) is 7.44. The van der Waals surface area contributed by atoms with Gasteiger partial charge in [0, 0.05) is 12.6 Å². The maximum atomic E-state index is 13.0. The van der Waals surface area contributed by atoms with Crippen LogP contribution < -0.4 is 5.32 Å². The molecule has 0 heterocycles. The summed E-state index contributed by atoms with van der Waals surface area (Å²) in [6, 6.07) is 26.7. The normalized spacial score (nSPS) is 11.3. The van der Waals surface area contributed by atoms with E-state index >= 15 is 0 Å². The summed E-state index contributed by atoms with van der Waals surface area (Å²) >= 11 is 0. The summed E-state index contributed by atoms with van der Waals surface area (Å²) in [5.74, 6) is -0.619. The van der Waals surface area contributed by atoms with Crippen LogP contribution in [0.5, 0.6) is 0 Å². The van der Waals surface area contributed by atoms with E-state index in [1.54, 1.807) is 24.3 Å². The number of amides is 2. The maximum absolute atomic E-state index is 13.0. The van der Waals surface area contributed by atoms with Gasteiger partial charge in [0.2, 0.25) is 0 Å². The Morgan fingerprint density at radius 1 is 0.812 bits per heavy atom. The molecular weight excluding hydrogens is 404 g/mol. The van der Waals surface area contributed by atoms with Crippen molar-refractivity contribution < 1.29 is 19.1 Å². The first kappa shape index (κ1) is 22.7. The van der Waals surface area contributed by atoms with Crippen LogP contribution in [-0.2, 0) is 22.6 Å². The Labute approximate surface area is 187 Å². The van der Waals surface area contributed by atoms with Gasteiger partial charge in [-0.25, -0.2) is 4.79 Å². The van der Waals surface area contributed by atoms with E-state index in [-0.39, 0.29) is 24.8 Å². The Balaban J connectivity index is 1.64. The summed E-state index contributed by atoms with van der Waals surface area (Å²) in [5.41, 5.74) is 2.24. The van der Waals surface area contributed by atoms with Crippen LogP contribution in [-0.4, -0.2) is 42.3 Å². The molecule has 0 saturated carbocycles. The minimum atomic E-state index is -0.783. The molecule has 6 heteroatoms. The second kappa shape index (κ2) is 11.5. The summed E-state index contributed by atoms with van der Waals surface area (Å²) in [5, 5.41) is 2.82. The van der Waals surface area contributed by atoms with E-state index in [4.69, 9.17) is 4.74 Å². The molecule has 0 bridgehead atoms. The Morgan fingerprint density at radius 2 is 1.34 bits per heavy atom. The van der Waals surface area contributed by atoms with Crippen molar-refractivity contribution >= 4 is 17.8 Å². The van der Waals surface area contributed by atoms with Gasteiger partial charge in [-0.15, -0.1) is 0 Å². The van der Waals surface area contributed by atoms with Gasteiger partial charge in [-0.2, -0.15) is 0 Å². The van der Waals surface area contributed by atoms with Gasteiger partial charge < -0.3 is 15.0 Å². The largest absolute Gasteiger partial charge is 0.445 e. The molecule has 2 amide bonds. The van der Waals surface area contributed by atoms with Gasteiger partial charge in [0.1, 0.15) is 6.61 Å². The fraction of sp³-hybridized carbons (Fsp3) is 0.192. The first-order valence-electron chi connectivity index (χ1n) is 10.4. The zero-order valence-corrected chi connectivity index (χ0v) is 17.9. The third kappa shape index (κ3) is 6.80. The first-order valence-corrected chi connectivity index (χ1v) is 10.4. The topological polar surface area (TPSA) is 75.7 Å². The van der Waals surface area contributed by atoms with Crippen LogP contribution in [0.25, 0.3) is 0 Å². The molecule has 3 rings (SSSR count). The zero-order valence-electron chi connectivity index (χ0n) is 17.9. The number of rotatable bonds is 9. The Kier molecular flexibility index (Phi) is 8.15. The van der Waals surface area contributed by atoms with Crippen LogP contribution in [0.4, 0.5) is 4.79 Å². The molecule has 164 valence electrons. The minimum Gasteiger partial charge on any atom is -0.445 e. The van der Waals surface area contributed by atoms with Gasteiger partial charge in [-0.1, -0.05) is 78.9 Å². The van der Waals surface area contributed by atoms with Gasteiger partial charge in [0.25, 0.3) is 5.91 Å². The molecule has 0 aliphatic heterocycles. The highest BCUT2D eigenvalue weighted by Crippen LogP contribution is 2.08. The van der Waals surface area contributed by atoms with Crippen molar-refractivity contribution in [2.75, 3.05) is 13.6 Å². The Morgan fingerprint density at radius 3 is 1.94 bits per heavy atom. The van der Waals surface area contributed by atoms with Crippen molar-refractivity contribution in [2.45, 2.75) is 19.1 Å². The smallest absolute Gasteiger partial charge is 0.410 e. The number of carbonyl (C=O) groups is 3. The summed E-state index contributed by atoms with van der Waals surface area (Å²) < 4.78 is 5.29. The molecule has 1 N–H and O–H groups in total. The number of ketones is 1. The molecule has 1 atom stereocenters. The summed E-state index contributed by atoms with van der Waals surface area (Å²) in [6.07, 6.45) is -0.277. The monoisotopic (exact) mass is 430 g/mol. The van der Waals surface area contributed by atoms with Crippen LogP contribution in [0.15, 0.2) is 91.0 Å². The third-order valence-corrected chi connectivity index (χ3v) is 4.92. The van der Waals surface area contributed by atoms with Crippen LogP contribution >= 0.6 is 0 Å². The molecule has 3 aromatic rings. The highest BCUT2D eigenvalue weighted by molar-refractivity contribution is 5.98. The maximum Gasteiger partial charge on any atom is 0.410 e. The van der Waals surface area contributed by atoms with Crippen molar-refractivity contribution in [3.8, 4) is 0 Å². The lowest BCUT2D eigenvalue weighted by atomic mass is 10.0. The quantitative estimate of drug-likeness (QED) is 0.559. The molecule has 0 spiro atoms. The number of likely N-dealkylation sites (N-methyl/N-ethyl adjacent to an activating group) is 1. The molecule has 3 aromatic carbocycles. The predicted molar refractivity (Wildman–Crippen MR) is 122 cm³/mol. The van der Waals surface area contributed by atoms with Crippen molar-refractivity contribution in [2.24, 2.45) is 0 Å². The van der Waals surface area contributed by atoms with Crippen LogP contribution in [0.3, 0.4) is 0 Å². The first-order chi connectivity index (χ1) is 15.5. The molecule has 6 nitrogen and oxygen atoms in total. The van der Waals surface area contributed by atoms with E-state index < -0.39 is 12.1 Å². The van der Waals surface area contributed by atoms with Crippen LogP contribution in [0.2, 0.25) is 0 Å². The SMILES string of the molecule is CN(CC(=O)C(Cc1ccccc1)NC(=O)c1ccccc1)C(=O)OCc1ccccc1. The number of hydrogen-bond acceptors (Lipinski definition) is 4. The lowest BCUT2D eigenvalue weighted by Gasteiger charge is -2.22. The number of benzene rings is 3. The summed E-state index contributed by atoms with van der Waals surface area (Å²) in [4.78, 5) is 39.3. The molecule has 32 heavy (non-hydrogen) atoms. The van der Waals surface area contributed by atoms with Crippen LogP contribution in [0, 0.1) is 0 Å². The number of hydrogen-bond donors (Lipinski definition) is 1. The molecule has 0 saturated heterocycles. The number of ether oxygens (including phenoxy) is 1. The van der Waals surface area contributed by atoms with Crippen molar-refractivity contribution in [1.82, 2.24) is 10.2 Å². The highest BCUT2D eigenvalue weighted by atomic mass is 16.6. The van der Waals surface area contributed by atoms with Crippen molar-refractivity contribution in [3.63, 3.8) is 0 Å². The molecule has 0 aliphatic rings. The summed E-state index contributed by atoms with van der Waals surface area (Å²) in [6.45, 7) is -0.0589. The van der Waals surface area contributed by atoms with Crippen molar-refractivity contribution in [3.05, 3.63) is 108 Å². The fourth-order valence-electron chi connectivity index (χ4n) is 3.16. The van der Waals surface area contributed by atoms with E-state index in [2.05, 4.69) is 5.32 Å². The zero-order chi connectivity index (χ0) is 22.8. The molecule has 1 unspecified atom stereocenters. The standard InChI is InChI=1S/C26H26N2O4/c1-28(26(31)32-19-21-13-7-3-8-14-21)18-24(29)23(17-20-11-5-2-6-12-20)27-25(30)22-15-9-4-10-16-22/h2-16,23H,17-19H2,1H3,(H,27,30). The molecular formula is C26H26N2O4. The van der Waals surface area contributed by atoms with Gasteiger partial charge in [0.15, 0.2) is 5.78 Å². The molecule has 0 fully saturated rings. The molecule has 0 radical (unpaired) electrons. The summed E-state index contributed by atoms with van der Waals surface area (Å²) in [7, 11) is 1.50. The van der Waals surface area contributed by atoms with E-state index in [0.29, 0.717) is 12.0 Å². The lowest BCUT2D eigenvalue weighted by molar-refractivity contribution is -0.121. The number of carbonyl (C=O) groups excluding carboxylic acids is 3. The average molecular weight is 431 g/mol. The van der Waals surface area contributed by atoms with Gasteiger partial charge >= 0.3 is 6.09 Å². The Bertz CT molecular complexity index is 1020. The average Bonchev–Trinajstić information content (AvgIpc) is 2.83. The van der Waals surface area contributed by atoms with Gasteiger partial charge in [-0.05, 0) is 29.7 Å². The Hall–Kier alpha value is -3.93. The third-order valence-electron chi connectivity index (χ3n) is 4.92. The number of nitrogens with one attached hydrogen (secondary N) is 1. The van der Waals surface area contributed by atoms with E-state index in [0.717, 1.165) is 11.1 Å². The highest BCUT2D eigenvalue weighted by Gasteiger charge is 2.25. The van der Waals surface area contributed by atoms with E-state index in [1.165, 1.54) is 11.9 Å². The fourth-order valence-corrected chi connectivity index (χ4v) is 3.16. The number of Topliss-reactive ketones (excluding diaryl/α,β-unsaturated/α-hetero) is 1. The predicted octanol–water partition coefficient (Wildman–Crippen LogP) is 3.87. The molecule has 0 aliphatic carbocycles. The number of nitrogens with zero attached hydrogens (tertiary/aromatic N) is 1. The van der Waals surface area contributed by atoms with E-state index in [1.807, 2.05) is 66.7 Å². The lowest BCUT2D eigenvalue weighted by Crippen LogP contribution is -2.47. The van der Waals surface area contributed by atoms with Gasteiger partial charge in [0.05, 0.1) is 12.6 Å². The second-order valence-electron chi connectivity index (χ2n) is 7.44.